The summed E-state index contributed by atoms with van der Waals surface area (Å²) in [6.07, 6.45) is 1.95. The smallest absolute Gasteiger partial charge is 0.272 e. The number of rotatable bonds is 1. The molecule has 5 heteroatoms. The highest BCUT2D eigenvalue weighted by molar-refractivity contribution is 5.91. The van der Waals surface area contributed by atoms with Gasteiger partial charge in [-0.25, -0.2) is 4.99 Å². The van der Waals surface area contributed by atoms with Crippen LogP contribution in [0.2, 0.25) is 0 Å². The summed E-state index contributed by atoms with van der Waals surface area (Å²) >= 11 is 0. The molecule has 0 aliphatic carbocycles. The molecule has 0 radical (unpaired) electrons. The fraction of sp³-hybridized carbons (Fsp3) is 0.182. The number of nitro groups is 1. The maximum Gasteiger partial charge on any atom is 0.272 e. The number of hydrogen-bond acceptors (Lipinski definition) is 3. The van der Waals surface area contributed by atoms with Gasteiger partial charge in [0.15, 0.2) is 5.71 Å². The van der Waals surface area contributed by atoms with E-state index in [2.05, 4.69) is 10.3 Å². The Morgan fingerprint density at radius 3 is 2.81 bits per heavy atom. The molecule has 82 valence electrons. The van der Waals surface area contributed by atoms with E-state index in [9.17, 15) is 10.1 Å². The standard InChI is InChI=1S/C11H11N3O2/c1-7-5-8(2)13-11-6-9(14(15)16)3-4-10(11)12-7/h3-6,13H,1-2H3/p+1. The minimum absolute atomic E-state index is 0.0837. The number of hydrogen-bond donors (Lipinski definition) is 2. The number of non-ortho nitro benzene ring substituents is 1. The first-order valence-corrected chi connectivity index (χ1v) is 4.90. The Balaban J connectivity index is 2.53. The van der Waals surface area contributed by atoms with E-state index in [-0.39, 0.29) is 5.69 Å². The van der Waals surface area contributed by atoms with Crippen LogP contribution in [0.1, 0.15) is 13.8 Å². The monoisotopic (exact) mass is 218 g/mol. The molecule has 0 amide bonds. The normalized spacial score (nSPS) is 14.1. The maximum absolute atomic E-state index is 10.7. The van der Waals surface area contributed by atoms with Crippen LogP contribution in [-0.2, 0) is 0 Å². The number of allylic oxidation sites excluding steroid dienone is 2. The van der Waals surface area contributed by atoms with Gasteiger partial charge in [-0.05, 0) is 6.92 Å². The molecule has 0 saturated heterocycles. The fourth-order valence-corrected chi connectivity index (χ4v) is 1.68. The van der Waals surface area contributed by atoms with Crippen LogP contribution in [0.25, 0.3) is 0 Å². The first-order valence-electron chi connectivity index (χ1n) is 4.90. The van der Waals surface area contributed by atoms with Gasteiger partial charge in [0.25, 0.3) is 5.69 Å². The summed E-state index contributed by atoms with van der Waals surface area (Å²) in [6.45, 7) is 3.86. The average Bonchev–Trinajstić information content (AvgIpc) is 2.32. The Morgan fingerprint density at radius 1 is 1.38 bits per heavy atom. The van der Waals surface area contributed by atoms with Crippen molar-refractivity contribution in [2.45, 2.75) is 13.8 Å². The van der Waals surface area contributed by atoms with Crippen LogP contribution in [0.4, 0.5) is 17.1 Å². The third-order valence-corrected chi connectivity index (χ3v) is 2.31. The van der Waals surface area contributed by atoms with Gasteiger partial charge < -0.3 is 5.32 Å². The van der Waals surface area contributed by atoms with Crippen molar-refractivity contribution in [2.24, 2.45) is 0 Å². The molecule has 1 heterocycles. The van der Waals surface area contributed by atoms with Crippen molar-refractivity contribution in [3.05, 3.63) is 40.1 Å². The quantitative estimate of drug-likeness (QED) is 0.547. The SMILES string of the molecule is CC1=CC(C)=[NH+]c2ccc([N+](=O)[O-])cc2N1. The molecule has 0 spiro atoms. The number of benzene rings is 1. The number of nitrogens with one attached hydrogen (secondary N) is 2. The molecule has 1 aliphatic rings. The lowest BCUT2D eigenvalue weighted by atomic mass is 10.2. The fourth-order valence-electron chi connectivity index (χ4n) is 1.68. The minimum atomic E-state index is -0.400. The molecule has 1 aromatic carbocycles. The van der Waals surface area contributed by atoms with E-state index in [1.54, 1.807) is 6.07 Å². The van der Waals surface area contributed by atoms with Crippen molar-refractivity contribution in [1.82, 2.24) is 0 Å². The molecule has 2 rings (SSSR count). The number of nitro benzene ring substituents is 1. The molecule has 1 aromatic rings. The topological polar surface area (TPSA) is 69.1 Å². The first kappa shape index (κ1) is 10.4. The van der Waals surface area contributed by atoms with Crippen molar-refractivity contribution in [3.63, 3.8) is 0 Å². The predicted octanol–water partition coefficient (Wildman–Crippen LogP) is 1.10. The van der Waals surface area contributed by atoms with Crippen LogP contribution in [0.3, 0.4) is 0 Å². The van der Waals surface area contributed by atoms with E-state index < -0.39 is 4.92 Å². The molecule has 0 unspecified atom stereocenters. The van der Waals surface area contributed by atoms with Crippen molar-refractivity contribution < 1.29 is 9.92 Å². The summed E-state index contributed by atoms with van der Waals surface area (Å²) in [6, 6.07) is 4.72. The van der Waals surface area contributed by atoms with Crippen molar-refractivity contribution >= 4 is 22.8 Å². The molecule has 16 heavy (non-hydrogen) atoms. The third kappa shape index (κ3) is 1.93. The second-order valence-electron chi connectivity index (χ2n) is 3.75. The molecule has 0 fully saturated rings. The molecular formula is C11H12N3O2+. The van der Waals surface area contributed by atoms with Gasteiger partial charge in [0.2, 0.25) is 5.69 Å². The van der Waals surface area contributed by atoms with Gasteiger partial charge in [-0.2, -0.15) is 0 Å². The van der Waals surface area contributed by atoms with Gasteiger partial charge >= 0.3 is 0 Å². The number of fused-ring (bicyclic) bond motifs is 1. The average molecular weight is 218 g/mol. The Labute approximate surface area is 92.7 Å². The van der Waals surface area contributed by atoms with Crippen LogP contribution < -0.4 is 10.3 Å². The summed E-state index contributed by atoms with van der Waals surface area (Å²) in [5.41, 5.74) is 3.60. The Bertz CT molecular complexity index is 518. The molecule has 5 nitrogen and oxygen atoms in total. The van der Waals surface area contributed by atoms with Gasteiger partial charge in [-0.1, -0.05) is 0 Å². The van der Waals surface area contributed by atoms with E-state index in [0.717, 1.165) is 22.8 Å². The Morgan fingerprint density at radius 2 is 2.12 bits per heavy atom. The predicted molar refractivity (Wildman–Crippen MR) is 61.8 cm³/mol. The van der Waals surface area contributed by atoms with Gasteiger partial charge in [0, 0.05) is 36.9 Å². The zero-order chi connectivity index (χ0) is 11.7. The lowest BCUT2D eigenvalue weighted by Crippen LogP contribution is -2.64. The van der Waals surface area contributed by atoms with Crippen LogP contribution >= 0.6 is 0 Å². The third-order valence-electron chi connectivity index (χ3n) is 2.31. The van der Waals surface area contributed by atoms with Crippen LogP contribution in [0.15, 0.2) is 30.0 Å². The second kappa shape index (κ2) is 3.77. The van der Waals surface area contributed by atoms with Gasteiger partial charge in [0.1, 0.15) is 5.69 Å². The van der Waals surface area contributed by atoms with Crippen molar-refractivity contribution in [1.29, 1.82) is 0 Å². The first-order chi connectivity index (χ1) is 7.56. The number of nitrogens with zero attached hydrogens (tertiary/aromatic N) is 1. The maximum atomic E-state index is 10.7. The van der Waals surface area contributed by atoms with E-state index in [0.29, 0.717) is 0 Å². The van der Waals surface area contributed by atoms with E-state index in [4.69, 9.17) is 0 Å². The van der Waals surface area contributed by atoms with Gasteiger partial charge in [-0.15, -0.1) is 0 Å². The van der Waals surface area contributed by atoms with Crippen LogP contribution in [0.5, 0.6) is 0 Å². The molecule has 2 N–H and O–H groups in total. The highest BCUT2D eigenvalue weighted by atomic mass is 16.6. The van der Waals surface area contributed by atoms with Crippen molar-refractivity contribution in [2.75, 3.05) is 5.32 Å². The highest BCUT2D eigenvalue weighted by Crippen LogP contribution is 2.25. The summed E-state index contributed by atoms with van der Waals surface area (Å²) in [4.78, 5) is 13.4. The molecule has 0 aromatic heterocycles. The summed E-state index contributed by atoms with van der Waals surface area (Å²) in [5.74, 6) is 0. The van der Waals surface area contributed by atoms with Crippen LogP contribution in [0, 0.1) is 10.1 Å². The summed E-state index contributed by atoms with van der Waals surface area (Å²) in [5, 5.41) is 13.8. The number of anilines is 1. The minimum Gasteiger partial charge on any atom is -0.353 e. The largest absolute Gasteiger partial charge is 0.353 e. The molecular weight excluding hydrogens is 206 g/mol. The zero-order valence-corrected chi connectivity index (χ0v) is 9.07. The molecule has 0 saturated carbocycles. The lowest BCUT2D eigenvalue weighted by Gasteiger charge is -2.03. The zero-order valence-electron chi connectivity index (χ0n) is 9.07. The van der Waals surface area contributed by atoms with Gasteiger partial charge in [-0.3, -0.25) is 10.1 Å². The van der Waals surface area contributed by atoms with Crippen molar-refractivity contribution in [3.8, 4) is 0 Å². The molecule has 0 bridgehead atoms. The molecule has 0 atom stereocenters. The summed E-state index contributed by atoms with van der Waals surface area (Å²) < 4.78 is 0. The van der Waals surface area contributed by atoms with Crippen LogP contribution in [-0.4, -0.2) is 10.6 Å². The van der Waals surface area contributed by atoms with E-state index in [1.807, 2.05) is 19.9 Å². The highest BCUT2D eigenvalue weighted by Gasteiger charge is 2.16. The molecule has 1 aliphatic heterocycles. The second-order valence-corrected chi connectivity index (χ2v) is 3.75. The van der Waals surface area contributed by atoms with E-state index in [1.165, 1.54) is 12.1 Å². The summed E-state index contributed by atoms with van der Waals surface area (Å²) in [7, 11) is 0. The lowest BCUT2D eigenvalue weighted by molar-refractivity contribution is -0.385. The van der Waals surface area contributed by atoms with Gasteiger partial charge in [0.05, 0.1) is 4.92 Å². The Kier molecular flexibility index (Phi) is 2.44. The Hall–Kier alpha value is -2.17. The van der Waals surface area contributed by atoms with E-state index >= 15 is 0 Å².